The van der Waals surface area contributed by atoms with Gasteiger partial charge in [-0.25, -0.2) is 0 Å². The Balaban J connectivity index is 0.000000845. The topological polar surface area (TPSA) is 3.88 Å². The number of halogens is 1. The van der Waals surface area contributed by atoms with Crippen molar-refractivity contribution in [3.05, 3.63) is 53.5 Å². The van der Waals surface area contributed by atoms with Gasteiger partial charge in [0.15, 0.2) is 12.7 Å². The molecule has 0 N–H and O–H groups in total. The van der Waals surface area contributed by atoms with Crippen LogP contribution < -0.4 is 20.9 Å². The molecule has 0 bridgehead atoms. The van der Waals surface area contributed by atoms with E-state index in [2.05, 4.69) is 45.9 Å². The van der Waals surface area contributed by atoms with Gasteiger partial charge < -0.3 is 17.0 Å². The standard InChI is InChI=1S/C10H10NS.BrH/c1-2-5-10(6-3-1)9-11-7-4-8-12-11;/h1-8H,9H2;1H/q+1;/p-1. The molecule has 68 valence electrons. The molecule has 0 saturated heterocycles. The van der Waals surface area contributed by atoms with E-state index in [-0.39, 0.29) is 17.0 Å². The van der Waals surface area contributed by atoms with Crippen LogP contribution in [-0.4, -0.2) is 0 Å². The van der Waals surface area contributed by atoms with E-state index in [0.717, 1.165) is 6.54 Å². The van der Waals surface area contributed by atoms with Crippen LogP contribution >= 0.6 is 11.5 Å². The Kier molecular flexibility index (Phi) is 4.12. The molecule has 2 aromatic rings. The Hall–Kier alpha value is -0.670. The summed E-state index contributed by atoms with van der Waals surface area (Å²) in [6, 6.07) is 12.5. The van der Waals surface area contributed by atoms with Crippen molar-refractivity contribution in [2.24, 2.45) is 0 Å². The van der Waals surface area contributed by atoms with Crippen LogP contribution in [0.3, 0.4) is 0 Å². The minimum Gasteiger partial charge on any atom is -1.00 e. The molecule has 0 amide bonds. The SMILES string of the molecule is [Br-].c1ccc(C[n+]2cccs2)cc1. The maximum atomic E-state index is 2.20. The molecule has 13 heavy (non-hydrogen) atoms. The maximum absolute atomic E-state index is 2.20. The van der Waals surface area contributed by atoms with E-state index in [4.69, 9.17) is 0 Å². The quantitative estimate of drug-likeness (QED) is 0.612. The van der Waals surface area contributed by atoms with E-state index in [1.165, 1.54) is 5.56 Å². The third-order valence-electron chi connectivity index (χ3n) is 1.71. The van der Waals surface area contributed by atoms with Crippen LogP contribution in [0.1, 0.15) is 5.56 Å². The number of nitrogens with zero attached hydrogens (tertiary/aromatic N) is 1. The second kappa shape index (κ2) is 5.14. The van der Waals surface area contributed by atoms with Crippen LogP contribution in [0.4, 0.5) is 0 Å². The van der Waals surface area contributed by atoms with Gasteiger partial charge in [-0.1, -0.05) is 30.3 Å². The van der Waals surface area contributed by atoms with E-state index in [0.29, 0.717) is 0 Å². The van der Waals surface area contributed by atoms with Gasteiger partial charge in [0.2, 0.25) is 0 Å². The van der Waals surface area contributed by atoms with E-state index < -0.39 is 0 Å². The zero-order valence-electron chi connectivity index (χ0n) is 7.06. The summed E-state index contributed by atoms with van der Waals surface area (Å²) in [5.41, 5.74) is 1.35. The van der Waals surface area contributed by atoms with Crippen molar-refractivity contribution in [2.45, 2.75) is 6.54 Å². The molecule has 0 aliphatic carbocycles. The van der Waals surface area contributed by atoms with Crippen LogP contribution in [0, 0.1) is 0 Å². The summed E-state index contributed by atoms with van der Waals surface area (Å²) >= 11 is 1.73. The molecule has 2 rings (SSSR count). The number of hydrogen-bond acceptors (Lipinski definition) is 1. The third kappa shape index (κ3) is 2.94. The molecule has 1 nitrogen and oxygen atoms in total. The smallest absolute Gasteiger partial charge is 0.187 e. The summed E-state index contributed by atoms with van der Waals surface area (Å²) in [4.78, 5) is 0. The molecule has 1 aromatic heterocycles. The fourth-order valence-electron chi connectivity index (χ4n) is 1.13. The van der Waals surface area contributed by atoms with Gasteiger partial charge in [-0.15, -0.1) is 3.96 Å². The lowest BCUT2D eigenvalue weighted by Gasteiger charge is -1.91. The molecule has 0 spiro atoms. The summed E-state index contributed by atoms with van der Waals surface area (Å²) in [6.45, 7) is 0.985. The second-order valence-corrected chi connectivity index (χ2v) is 3.60. The fourth-order valence-corrected chi connectivity index (χ4v) is 1.79. The first kappa shape index (κ1) is 10.4. The lowest BCUT2D eigenvalue weighted by atomic mass is 10.2. The first-order chi connectivity index (χ1) is 5.95. The van der Waals surface area contributed by atoms with E-state index in [1.54, 1.807) is 11.5 Å². The normalized spacial score (nSPS) is 9.23. The monoisotopic (exact) mass is 255 g/mol. The molecule has 0 radical (unpaired) electrons. The molecule has 0 fully saturated rings. The van der Waals surface area contributed by atoms with Crippen molar-refractivity contribution in [3.63, 3.8) is 0 Å². The molecule has 0 atom stereocenters. The second-order valence-electron chi connectivity index (χ2n) is 2.64. The lowest BCUT2D eigenvalue weighted by Crippen LogP contribution is -3.00. The molecule has 0 aliphatic rings. The van der Waals surface area contributed by atoms with Crippen LogP contribution in [0.2, 0.25) is 0 Å². The van der Waals surface area contributed by atoms with Crippen molar-refractivity contribution in [1.29, 1.82) is 0 Å². The van der Waals surface area contributed by atoms with Crippen LogP contribution in [0.25, 0.3) is 0 Å². The van der Waals surface area contributed by atoms with Crippen molar-refractivity contribution >= 4 is 11.5 Å². The molecular formula is C10H10BrNS. The predicted octanol–water partition coefficient (Wildman–Crippen LogP) is -0.912. The summed E-state index contributed by atoms with van der Waals surface area (Å²) < 4.78 is 2.20. The van der Waals surface area contributed by atoms with Gasteiger partial charge in [0, 0.05) is 11.6 Å². The Morgan fingerprint density at radius 1 is 1.08 bits per heavy atom. The largest absolute Gasteiger partial charge is 1.00 e. The van der Waals surface area contributed by atoms with Gasteiger partial charge >= 0.3 is 0 Å². The van der Waals surface area contributed by atoms with Crippen molar-refractivity contribution in [3.8, 4) is 0 Å². The fraction of sp³-hybridized carbons (Fsp3) is 0.100. The highest BCUT2D eigenvalue weighted by Crippen LogP contribution is 1.98. The van der Waals surface area contributed by atoms with Gasteiger partial charge in [0.25, 0.3) is 0 Å². The molecule has 0 aliphatic heterocycles. The molecule has 0 unspecified atom stereocenters. The van der Waals surface area contributed by atoms with Gasteiger partial charge in [-0.3, -0.25) is 0 Å². The number of rotatable bonds is 2. The lowest BCUT2D eigenvalue weighted by molar-refractivity contribution is -0.619. The molecule has 0 saturated carbocycles. The predicted molar refractivity (Wildman–Crippen MR) is 50.1 cm³/mol. The van der Waals surface area contributed by atoms with Gasteiger partial charge in [-0.05, 0) is 0 Å². The van der Waals surface area contributed by atoms with Gasteiger partial charge in [0.1, 0.15) is 11.5 Å². The Bertz CT molecular complexity index is 331. The van der Waals surface area contributed by atoms with E-state index in [9.17, 15) is 0 Å². The first-order valence-electron chi connectivity index (χ1n) is 3.92. The van der Waals surface area contributed by atoms with E-state index in [1.807, 2.05) is 6.07 Å². The average Bonchev–Trinajstić information content (AvgIpc) is 2.59. The van der Waals surface area contributed by atoms with Crippen LogP contribution in [0.15, 0.2) is 48.0 Å². The number of hydrogen-bond donors (Lipinski definition) is 0. The zero-order valence-corrected chi connectivity index (χ0v) is 9.46. The third-order valence-corrected chi connectivity index (χ3v) is 2.51. The maximum Gasteiger partial charge on any atom is 0.187 e. The van der Waals surface area contributed by atoms with Crippen molar-refractivity contribution in [2.75, 3.05) is 0 Å². The van der Waals surface area contributed by atoms with Crippen molar-refractivity contribution < 1.29 is 20.9 Å². The van der Waals surface area contributed by atoms with Gasteiger partial charge in [-0.2, -0.15) is 0 Å². The Morgan fingerprint density at radius 3 is 2.46 bits per heavy atom. The van der Waals surface area contributed by atoms with Crippen LogP contribution in [-0.2, 0) is 6.54 Å². The summed E-state index contributed by atoms with van der Waals surface area (Å²) in [5.74, 6) is 0. The molecular weight excluding hydrogens is 246 g/mol. The van der Waals surface area contributed by atoms with E-state index >= 15 is 0 Å². The highest BCUT2D eigenvalue weighted by atomic mass is 79.9. The Labute approximate surface area is 92.6 Å². The van der Waals surface area contributed by atoms with Crippen LogP contribution in [0.5, 0.6) is 0 Å². The summed E-state index contributed by atoms with van der Waals surface area (Å²) in [5, 5.41) is 2.09. The Morgan fingerprint density at radius 2 is 1.85 bits per heavy atom. The molecule has 3 heteroatoms. The van der Waals surface area contributed by atoms with Crippen molar-refractivity contribution in [1.82, 2.24) is 0 Å². The summed E-state index contributed by atoms with van der Waals surface area (Å²) in [6.07, 6.45) is 2.09. The van der Waals surface area contributed by atoms with Gasteiger partial charge in [0.05, 0.1) is 5.38 Å². The number of aromatic nitrogens is 1. The zero-order chi connectivity index (χ0) is 8.23. The average molecular weight is 256 g/mol. The molecule has 1 heterocycles. The highest BCUT2D eigenvalue weighted by Gasteiger charge is 2.01. The number of benzene rings is 1. The first-order valence-corrected chi connectivity index (χ1v) is 4.76. The minimum absolute atomic E-state index is 0. The summed E-state index contributed by atoms with van der Waals surface area (Å²) in [7, 11) is 0. The minimum atomic E-state index is 0. The molecule has 1 aromatic carbocycles. The highest BCUT2D eigenvalue weighted by molar-refractivity contribution is 6.99.